The van der Waals surface area contributed by atoms with Crippen LogP contribution in [0.3, 0.4) is 0 Å². The molecule has 2 aromatic carbocycles. The zero-order chi connectivity index (χ0) is 16.8. The summed E-state index contributed by atoms with van der Waals surface area (Å²) in [4.78, 5) is 11.8. The van der Waals surface area contributed by atoms with E-state index in [1.165, 1.54) is 19.2 Å². The maximum atomic E-state index is 13.3. The predicted octanol–water partition coefficient (Wildman–Crippen LogP) is 3.34. The molecule has 0 fully saturated rings. The maximum absolute atomic E-state index is 13.3. The second-order valence-electron chi connectivity index (χ2n) is 4.75. The standard InChI is InChI=1S/C16H16ClFN2O3/c1-23-12-7-10(18)6-11(8-12)20-16(22)19-9-15(21)13-4-2-3-5-14(13)17/h2-8,15,21H,9H2,1H3,(H2,19,20,22). The topological polar surface area (TPSA) is 70.6 Å². The van der Waals surface area contributed by atoms with Crippen molar-refractivity contribution < 1.29 is 19.0 Å². The van der Waals surface area contributed by atoms with E-state index in [0.29, 0.717) is 10.6 Å². The molecule has 0 bridgehead atoms. The van der Waals surface area contributed by atoms with Crippen molar-refractivity contribution in [1.29, 1.82) is 0 Å². The molecule has 0 spiro atoms. The molecule has 0 aromatic heterocycles. The number of nitrogens with one attached hydrogen (secondary N) is 2. The molecular weight excluding hydrogens is 323 g/mol. The second-order valence-corrected chi connectivity index (χ2v) is 5.16. The van der Waals surface area contributed by atoms with Gasteiger partial charge in [0.2, 0.25) is 0 Å². The fourth-order valence-corrected chi connectivity index (χ4v) is 2.23. The first-order valence-corrected chi connectivity index (χ1v) is 7.19. The van der Waals surface area contributed by atoms with Gasteiger partial charge in [0.05, 0.1) is 13.2 Å². The van der Waals surface area contributed by atoms with Crippen LogP contribution in [0.15, 0.2) is 42.5 Å². The zero-order valence-electron chi connectivity index (χ0n) is 12.3. The number of hydrogen-bond acceptors (Lipinski definition) is 3. The van der Waals surface area contributed by atoms with Crippen molar-refractivity contribution in [1.82, 2.24) is 5.32 Å². The van der Waals surface area contributed by atoms with Crippen LogP contribution in [0.25, 0.3) is 0 Å². The summed E-state index contributed by atoms with van der Waals surface area (Å²) < 4.78 is 18.3. The van der Waals surface area contributed by atoms with E-state index in [9.17, 15) is 14.3 Å². The van der Waals surface area contributed by atoms with E-state index in [1.54, 1.807) is 24.3 Å². The Bertz CT molecular complexity index is 697. The van der Waals surface area contributed by atoms with Crippen LogP contribution in [-0.2, 0) is 0 Å². The van der Waals surface area contributed by atoms with Crippen LogP contribution in [-0.4, -0.2) is 24.8 Å². The summed E-state index contributed by atoms with van der Waals surface area (Å²) in [5, 5.41) is 15.4. The maximum Gasteiger partial charge on any atom is 0.319 e. The van der Waals surface area contributed by atoms with Gasteiger partial charge in [-0.1, -0.05) is 29.8 Å². The number of carbonyl (C=O) groups is 1. The van der Waals surface area contributed by atoms with Gasteiger partial charge in [0.1, 0.15) is 11.6 Å². The van der Waals surface area contributed by atoms with Crippen molar-refractivity contribution >= 4 is 23.3 Å². The molecule has 122 valence electrons. The lowest BCUT2D eigenvalue weighted by Gasteiger charge is -2.14. The van der Waals surface area contributed by atoms with Gasteiger partial charge in [-0.2, -0.15) is 0 Å². The van der Waals surface area contributed by atoms with Gasteiger partial charge in [-0.15, -0.1) is 0 Å². The van der Waals surface area contributed by atoms with E-state index in [4.69, 9.17) is 16.3 Å². The number of aliphatic hydroxyl groups is 1. The summed E-state index contributed by atoms with van der Waals surface area (Å²) in [6.45, 7) is -0.0397. The normalized spacial score (nSPS) is 11.7. The molecule has 0 aliphatic heterocycles. The Morgan fingerprint density at radius 1 is 1.35 bits per heavy atom. The van der Waals surface area contributed by atoms with E-state index in [2.05, 4.69) is 10.6 Å². The SMILES string of the molecule is COc1cc(F)cc(NC(=O)NCC(O)c2ccccc2Cl)c1. The number of anilines is 1. The van der Waals surface area contributed by atoms with Gasteiger partial charge in [0.25, 0.3) is 0 Å². The molecule has 0 aliphatic rings. The van der Waals surface area contributed by atoms with Gasteiger partial charge in [0, 0.05) is 35.0 Å². The first-order chi connectivity index (χ1) is 11.0. The lowest BCUT2D eigenvalue weighted by Crippen LogP contribution is -2.32. The second kappa shape index (κ2) is 7.80. The van der Waals surface area contributed by atoms with Crippen LogP contribution in [0, 0.1) is 5.82 Å². The summed E-state index contributed by atoms with van der Waals surface area (Å²) >= 11 is 5.97. The van der Waals surface area contributed by atoms with E-state index in [-0.39, 0.29) is 18.0 Å². The lowest BCUT2D eigenvalue weighted by molar-refractivity contribution is 0.175. The van der Waals surface area contributed by atoms with Crippen LogP contribution in [0.4, 0.5) is 14.9 Å². The van der Waals surface area contributed by atoms with Crippen molar-refractivity contribution in [2.75, 3.05) is 19.0 Å². The summed E-state index contributed by atoms with van der Waals surface area (Å²) in [7, 11) is 1.40. The number of aliphatic hydroxyl groups excluding tert-OH is 1. The molecule has 0 saturated carbocycles. The third-order valence-corrected chi connectivity index (χ3v) is 3.43. The fourth-order valence-electron chi connectivity index (χ4n) is 1.97. The number of ether oxygens (including phenoxy) is 1. The third-order valence-electron chi connectivity index (χ3n) is 3.09. The molecule has 3 N–H and O–H groups in total. The Balaban J connectivity index is 1.93. The first kappa shape index (κ1) is 17.1. The molecule has 7 heteroatoms. The van der Waals surface area contributed by atoms with E-state index in [1.807, 2.05) is 0 Å². The van der Waals surface area contributed by atoms with Crippen molar-refractivity contribution in [2.45, 2.75) is 6.10 Å². The van der Waals surface area contributed by atoms with E-state index in [0.717, 1.165) is 6.07 Å². The Morgan fingerprint density at radius 2 is 2.09 bits per heavy atom. The molecule has 2 rings (SSSR count). The number of methoxy groups -OCH3 is 1. The number of carbonyl (C=O) groups excluding carboxylic acids is 1. The number of benzene rings is 2. The molecule has 1 unspecified atom stereocenters. The molecule has 0 saturated heterocycles. The smallest absolute Gasteiger partial charge is 0.319 e. The molecule has 0 radical (unpaired) electrons. The number of rotatable bonds is 5. The monoisotopic (exact) mass is 338 g/mol. The number of urea groups is 1. The Hall–Kier alpha value is -2.31. The minimum atomic E-state index is -0.948. The molecule has 2 aromatic rings. The zero-order valence-corrected chi connectivity index (χ0v) is 13.1. The van der Waals surface area contributed by atoms with Crippen LogP contribution < -0.4 is 15.4 Å². The van der Waals surface area contributed by atoms with E-state index >= 15 is 0 Å². The molecule has 0 heterocycles. The molecule has 0 aliphatic carbocycles. The largest absolute Gasteiger partial charge is 0.497 e. The average molecular weight is 339 g/mol. The fraction of sp³-hybridized carbons (Fsp3) is 0.188. The van der Waals surface area contributed by atoms with Crippen molar-refractivity contribution in [3.8, 4) is 5.75 Å². The summed E-state index contributed by atoms with van der Waals surface area (Å²) in [6, 6.07) is 10.1. The highest BCUT2D eigenvalue weighted by molar-refractivity contribution is 6.31. The highest BCUT2D eigenvalue weighted by Gasteiger charge is 2.12. The number of halogens is 2. The Kier molecular flexibility index (Phi) is 5.78. The van der Waals surface area contributed by atoms with Gasteiger partial charge in [0.15, 0.2) is 0 Å². The summed E-state index contributed by atoms with van der Waals surface area (Å²) in [6.07, 6.45) is -0.948. The predicted molar refractivity (Wildman–Crippen MR) is 86.4 cm³/mol. The molecule has 5 nitrogen and oxygen atoms in total. The van der Waals surface area contributed by atoms with Gasteiger partial charge < -0.3 is 20.5 Å². The van der Waals surface area contributed by atoms with Crippen LogP contribution in [0.2, 0.25) is 5.02 Å². The summed E-state index contributed by atoms with van der Waals surface area (Å²) in [5.74, 6) is -0.243. The van der Waals surface area contributed by atoms with Crippen molar-refractivity contribution in [2.24, 2.45) is 0 Å². The van der Waals surface area contributed by atoms with Crippen LogP contribution in [0.1, 0.15) is 11.7 Å². The lowest BCUT2D eigenvalue weighted by atomic mass is 10.1. The minimum Gasteiger partial charge on any atom is -0.497 e. The van der Waals surface area contributed by atoms with Gasteiger partial charge >= 0.3 is 6.03 Å². The van der Waals surface area contributed by atoms with Gasteiger partial charge in [-0.3, -0.25) is 0 Å². The summed E-state index contributed by atoms with van der Waals surface area (Å²) in [5.41, 5.74) is 0.758. The average Bonchev–Trinajstić information content (AvgIpc) is 2.52. The molecular formula is C16H16ClFN2O3. The molecule has 2 amide bonds. The van der Waals surface area contributed by atoms with E-state index < -0.39 is 18.0 Å². The molecule has 1 atom stereocenters. The number of hydrogen-bond donors (Lipinski definition) is 3. The Labute approximate surface area is 138 Å². The minimum absolute atomic E-state index is 0.0397. The van der Waals surface area contributed by atoms with Gasteiger partial charge in [-0.25, -0.2) is 9.18 Å². The van der Waals surface area contributed by atoms with Crippen molar-refractivity contribution in [3.63, 3.8) is 0 Å². The number of amides is 2. The molecule has 23 heavy (non-hydrogen) atoms. The highest BCUT2D eigenvalue weighted by Crippen LogP contribution is 2.22. The first-order valence-electron chi connectivity index (χ1n) is 6.81. The quantitative estimate of drug-likeness (QED) is 0.783. The Morgan fingerprint density at radius 3 is 2.78 bits per heavy atom. The van der Waals surface area contributed by atoms with Gasteiger partial charge in [-0.05, 0) is 12.1 Å². The third kappa shape index (κ3) is 4.84. The van der Waals surface area contributed by atoms with Crippen LogP contribution >= 0.6 is 11.6 Å². The van der Waals surface area contributed by atoms with Crippen molar-refractivity contribution in [3.05, 3.63) is 58.9 Å². The highest BCUT2D eigenvalue weighted by atomic mass is 35.5. The van der Waals surface area contributed by atoms with Crippen LogP contribution in [0.5, 0.6) is 5.75 Å².